The van der Waals surface area contributed by atoms with Crippen molar-refractivity contribution in [2.45, 2.75) is 25.9 Å². The fourth-order valence-corrected chi connectivity index (χ4v) is 2.07. The first kappa shape index (κ1) is 12.0. The number of rotatable bonds is 5. The largest absolute Gasteiger partial charge is 0.328 e. The molecule has 0 amide bonds. The lowest BCUT2D eigenvalue weighted by Gasteiger charge is -2.26. The Balaban J connectivity index is 1.82. The molecule has 1 aliphatic rings. The van der Waals surface area contributed by atoms with Crippen LogP contribution in [0.2, 0.25) is 0 Å². The van der Waals surface area contributed by atoms with Gasteiger partial charge in [-0.1, -0.05) is 12.1 Å². The molecule has 0 spiro atoms. The van der Waals surface area contributed by atoms with Gasteiger partial charge < -0.3 is 9.88 Å². The van der Waals surface area contributed by atoms with Gasteiger partial charge in [-0.25, -0.2) is 9.67 Å². The zero-order valence-electron chi connectivity index (χ0n) is 10.8. The van der Waals surface area contributed by atoms with E-state index in [1.807, 2.05) is 10.8 Å². The molecule has 0 aromatic carbocycles. The summed E-state index contributed by atoms with van der Waals surface area (Å²) in [6.45, 7) is 4.60. The van der Waals surface area contributed by atoms with Crippen LogP contribution in [0.4, 0.5) is 0 Å². The Hall–Kier alpha value is -2.02. The standard InChI is InChI=1S/C12H16N6O/c1-2-4-17-5-3-14-12(17)11(19)10-8-18(16-15-10)9-6-13-7-9/h3,5,8-9,13H,2,4,6-7H2,1H3. The molecular formula is C12H16N6O. The van der Waals surface area contributed by atoms with Crippen LogP contribution in [-0.4, -0.2) is 43.4 Å². The Morgan fingerprint density at radius 2 is 2.37 bits per heavy atom. The number of carbonyl (C=O) groups is 1. The number of aromatic nitrogens is 5. The van der Waals surface area contributed by atoms with Crippen LogP contribution in [0.1, 0.15) is 35.7 Å². The third-order valence-corrected chi connectivity index (χ3v) is 3.26. The van der Waals surface area contributed by atoms with Crippen molar-refractivity contribution in [3.05, 3.63) is 30.1 Å². The van der Waals surface area contributed by atoms with Gasteiger partial charge in [0.2, 0.25) is 5.78 Å². The van der Waals surface area contributed by atoms with E-state index in [1.54, 1.807) is 17.1 Å². The first-order valence-corrected chi connectivity index (χ1v) is 6.48. The molecule has 0 aliphatic carbocycles. The van der Waals surface area contributed by atoms with E-state index in [-0.39, 0.29) is 5.78 Å². The highest BCUT2D eigenvalue weighted by Gasteiger charge is 2.23. The van der Waals surface area contributed by atoms with E-state index in [0.717, 1.165) is 26.1 Å². The summed E-state index contributed by atoms with van der Waals surface area (Å²) in [4.78, 5) is 16.5. The Morgan fingerprint density at radius 1 is 1.53 bits per heavy atom. The predicted octanol–water partition coefficient (Wildman–Crippen LogP) is 0.260. The highest BCUT2D eigenvalue weighted by atomic mass is 16.1. The highest BCUT2D eigenvalue weighted by Crippen LogP contribution is 2.12. The fraction of sp³-hybridized carbons (Fsp3) is 0.500. The summed E-state index contributed by atoms with van der Waals surface area (Å²) in [5, 5.41) is 11.1. The minimum Gasteiger partial charge on any atom is -0.328 e. The minimum absolute atomic E-state index is 0.169. The second-order valence-electron chi connectivity index (χ2n) is 4.67. The van der Waals surface area contributed by atoms with E-state index < -0.39 is 0 Å². The van der Waals surface area contributed by atoms with Gasteiger partial charge >= 0.3 is 0 Å². The average molecular weight is 260 g/mol. The van der Waals surface area contributed by atoms with Gasteiger partial charge in [0.15, 0.2) is 11.5 Å². The van der Waals surface area contributed by atoms with Crippen LogP contribution in [0.3, 0.4) is 0 Å². The molecule has 0 saturated carbocycles. The van der Waals surface area contributed by atoms with Crippen LogP contribution in [0.5, 0.6) is 0 Å². The van der Waals surface area contributed by atoms with Gasteiger partial charge in [0, 0.05) is 32.0 Å². The number of carbonyl (C=O) groups excluding carboxylic acids is 1. The summed E-state index contributed by atoms with van der Waals surface area (Å²) in [7, 11) is 0. The maximum absolute atomic E-state index is 12.3. The van der Waals surface area contributed by atoms with Crippen LogP contribution < -0.4 is 5.32 Å². The van der Waals surface area contributed by atoms with Gasteiger partial charge in [-0.3, -0.25) is 4.79 Å². The molecule has 0 bridgehead atoms. The number of aryl methyl sites for hydroxylation is 1. The molecular weight excluding hydrogens is 244 g/mol. The van der Waals surface area contributed by atoms with Crippen LogP contribution in [0.15, 0.2) is 18.6 Å². The number of nitrogens with one attached hydrogen (secondary N) is 1. The topological polar surface area (TPSA) is 77.6 Å². The van der Waals surface area contributed by atoms with Crippen molar-refractivity contribution in [3.63, 3.8) is 0 Å². The second kappa shape index (κ2) is 4.93. The predicted molar refractivity (Wildman–Crippen MR) is 67.9 cm³/mol. The third kappa shape index (κ3) is 2.17. The molecule has 2 aromatic heterocycles. The van der Waals surface area contributed by atoms with Gasteiger partial charge in [-0.2, -0.15) is 0 Å². The van der Waals surface area contributed by atoms with Gasteiger partial charge in [-0.05, 0) is 6.42 Å². The molecule has 100 valence electrons. The van der Waals surface area contributed by atoms with E-state index in [0.29, 0.717) is 17.6 Å². The Labute approximate surface area is 110 Å². The molecule has 19 heavy (non-hydrogen) atoms. The summed E-state index contributed by atoms with van der Waals surface area (Å²) in [6, 6.07) is 0.310. The second-order valence-corrected chi connectivity index (χ2v) is 4.67. The molecule has 7 heteroatoms. The molecule has 1 aliphatic heterocycles. The maximum Gasteiger partial charge on any atom is 0.250 e. The average Bonchev–Trinajstić information content (AvgIpc) is 2.96. The molecule has 2 aromatic rings. The Kier molecular flexibility index (Phi) is 3.12. The van der Waals surface area contributed by atoms with E-state index in [4.69, 9.17) is 0 Å². The quantitative estimate of drug-likeness (QED) is 0.780. The molecule has 3 rings (SSSR count). The summed E-state index contributed by atoms with van der Waals surface area (Å²) < 4.78 is 3.60. The van der Waals surface area contributed by atoms with Crippen molar-refractivity contribution in [2.24, 2.45) is 0 Å². The van der Waals surface area contributed by atoms with Gasteiger partial charge in [0.1, 0.15) is 0 Å². The zero-order chi connectivity index (χ0) is 13.2. The molecule has 0 atom stereocenters. The van der Waals surface area contributed by atoms with Crippen LogP contribution in [-0.2, 0) is 6.54 Å². The molecule has 7 nitrogen and oxygen atoms in total. The maximum atomic E-state index is 12.3. The third-order valence-electron chi connectivity index (χ3n) is 3.26. The Morgan fingerprint density at radius 3 is 3.05 bits per heavy atom. The molecule has 3 heterocycles. The van der Waals surface area contributed by atoms with Crippen molar-refractivity contribution < 1.29 is 4.79 Å². The van der Waals surface area contributed by atoms with Crippen molar-refractivity contribution in [2.75, 3.05) is 13.1 Å². The summed E-state index contributed by atoms with van der Waals surface area (Å²) >= 11 is 0. The molecule has 1 saturated heterocycles. The van der Waals surface area contributed by atoms with Crippen molar-refractivity contribution >= 4 is 5.78 Å². The highest BCUT2D eigenvalue weighted by molar-refractivity contribution is 6.05. The molecule has 1 fully saturated rings. The first-order chi connectivity index (χ1) is 9.29. The number of hydrogen-bond donors (Lipinski definition) is 1. The normalized spacial score (nSPS) is 15.4. The van der Waals surface area contributed by atoms with Crippen molar-refractivity contribution in [3.8, 4) is 0 Å². The van der Waals surface area contributed by atoms with Crippen LogP contribution in [0, 0.1) is 0 Å². The van der Waals surface area contributed by atoms with Crippen LogP contribution in [0.25, 0.3) is 0 Å². The number of imidazole rings is 1. The van der Waals surface area contributed by atoms with E-state index in [1.165, 1.54) is 0 Å². The summed E-state index contributed by atoms with van der Waals surface area (Å²) in [6.07, 6.45) is 6.12. The van der Waals surface area contributed by atoms with Gasteiger partial charge in [0.25, 0.3) is 0 Å². The lowest BCUT2D eigenvalue weighted by molar-refractivity contribution is 0.102. The lowest BCUT2D eigenvalue weighted by atomic mass is 10.2. The minimum atomic E-state index is -0.169. The first-order valence-electron chi connectivity index (χ1n) is 6.48. The van der Waals surface area contributed by atoms with Gasteiger partial charge in [0.05, 0.1) is 12.2 Å². The molecule has 0 radical (unpaired) electrons. The lowest BCUT2D eigenvalue weighted by Crippen LogP contribution is -2.43. The van der Waals surface area contributed by atoms with E-state index in [2.05, 4.69) is 27.5 Å². The van der Waals surface area contributed by atoms with E-state index >= 15 is 0 Å². The number of ketones is 1. The number of hydrogen-bond acceptors (Lipinski definition) is 5. The summed E-state index contributed by atoms with van der Waals surface area (Å²) in [5.41, 5.74) is 0.357. The smallest absolute Gasteiger partial charge is 0.250 e. The fourth-order valence-electron chi connectivity index (χ4n) is 2.07. The Bertz CT molecular complexity index is 583. The van der Waals surface area contributed by atoms with Crippen LogP contribution >= 0.6 is 0 Å². The number of nitrogens with zero attached hydrogens (tertiary/aromatic N) is 5. The zero-order valence-corrected chi connectivity index (χ0v) is 10.8. The van der Waals surface area contributed by atoms with Gasteiger partial charge in [-0.15, -0.1) is 5.10 Å². The summed E-state index contributed by atoms with van der Waals surface area (Å²) in [5.74, 6) is 0.262. The van der Waals surface area contributed by atoms with Crippen molar-refractivity contribution in [1.82, 2.24) is 29.9 Å². The molecule has 0 unspecified atom stereocenters. The van der Waals surface area contributed by atoms with Crippen molar-refractivity contribution in [1.29, 1.82) is 0 Å². The monoisotopic (exact) mass is 260 g/mol. The SMILES string of the molecule is CCCn1ccnc1C(=O)c1cn(C2CNC2)nn1. The molecule has 1 N–H and O–H groups in total. The van der Waals surface area contributed by atoms with E-state index in [9.17, 15) is 4.79 Å².